The van der Waals surface area contributed by atoms with Crippen LogP contribution in [0.4, 0.5) is 15.8 Å². The van der Waals surface area contributed by atoms with Crippen LogP contribution in [0.25, 0.3) is 0 Å². The van der Waals surface area contributed by atoms with E-state index < -0.39 is 5.82 Å². The largest absolute Gasteiger partial charge is 0.399 e. The molecule has 5 heteroatoms. The summed E-state index contributed by atoms with van der Waals surface area (Å²) in [6.45, 7) is 6.37. The molecule has 0 aliphatic carbocycles. The van der Waals surface area contributed by atoms with Crippen LogP contribution in [0.1, 0.15) is 27.2 Å². The molecule has 0 saturated carbocycles. The number of anilines is 2. The lowest BCUT2D eigenvalue weighted by Crippen LogP contribution is -2.20. The summed E-state index contributed by atoms with van der Waals surface area (Å²) < 4.78 is 18.9. The second kappa shape index (κ2) is 7.09. The van der Waals surface area contributed by atoms with Gasteiger partial charge in [0.25, 0.3) is 0 Å². The molecular formula is C14H21FN2O2. The number of rotatable bonds is 6. The molecule has 1 rings (SSSR count). The smallest absolute Gasteiger partial charge is 0.226 e. The first-order valence-corrected chi connectivity index (χ1v) is 6.36. The summed E-state index contributed by atoms with van der Waals surface area (Å²) in [7, 11) is 0. The Morgan fingerprint density at radius 1 is 1.42 bits per heavy atom. The molecule has 1 atom stereocenters. The Hall–Kier alpha value is -1.62. The maximum Gasteiger partial charge on any atom is 0.226 e. The zero-order valence-corrected chi connectivity index (χ0v) is 11.6. The highest BCUT2D eigenvalue weighted by atomic mass is 19.1. The van der Waals surface area contributed by atoms with E-state index in [2.05, 4.69) is 5.32 Å². The molecule has 1 aromatic rings. The number of nitrogen functional groups attached to an aromatic ring is 1. The average molecular weight is 268 g/mol. The molecule has 0 spiro atoms. The highest BCUT2D eigenvalue weighted by Gasteiger charge is 2.10. The molecule has 1 aromatic carbocycles. The zero-order valence-electron chi connectivity index (χ0n) is 11.6. The summed E-state index contributed by atoms with van der Waals surface area (Å²) in [4.78, 5) is 11.6. The van der Waals surface area contributed by atoms with Crippen molar-refractivity contribution in [2.75, 3.05) is 17.7 Å². The zero-order chi connectivity index (χ0) is 14.4. The standard InChI is InChI=1S/C14H21FN2O2/c1-9(2)10(3)19-7-6-14(18)17-13-8-11(16)4-5-12(13)15/h4-5,8-10H,6-7,16H2,1-3H3,(H,17,18). The fraction of sp³-hybridized carbons (Fsp3) is 0.500. The van der Waals surface area contributed by atoms with Gasteiger partial charge in [-0.1, -0.05) is 13.8 Å². The van der Waals surface area contributed by atoms with Gasteiger partial charge in [-0.15, -0.1) is 0 Å². The molecule has 0 aliphatic heterocycles. The van der Waals surface area contributed by atoms with Gasteiger partial charge in [0.05, 0.1) is 24.8 Å². The van der Waals surface area contributed by atoms with Gasteiger partial charge in [0.1, 0.15) is 5.82 Å². The van der Waals surface area contributed by atoms with Gasteiger partial charge >= 0.3 is 0 Å². The number of carbonyl (C=O) groups is 1. The minimum Gasteiger partial charge on any atom is -0.399 e. The lowest BCUT2D eigenvalue weighted by atomic mass is 10.1. The van der Waals surface area contributed by atoms with Gasteiger partial charge in [-0.25, -0.2) is 4.39 Å². The van der Waals surface area contributed by atoms with Crippen LogP contribution in [0.5, 0.6) is 0 Å². The van der Waals surface area contributed by atoms with Crippen molar-refractivity contribution >= 4 is 17.3 Å². The molecule has 1 amide bonds. The minimum atomic E-state index is -0.501. The molecule has 0 radical (unpaired) electrons. The summed E-state index contributed by atoms with van der Waals surface area (Å²) in [6, 6.07) is 4.06. The maximum atomic E-state index is 13.4. The van der Waals surface area contributed by atoms with Crippen LogP contribution >= 0.6 is 0 Å². The normalized spacial score (nSPS) is 12.5. The molecule has 0 aliphatic rings. The highest BCUT2D eigenvalue weighted by Crippen LogP contribution is 2.17. The van der Waals surface area contributed by atoms with E-state index in [1.54, 1.807) is 0 Å². The van der Waals surface area contributed by atoms with Crippen molar-refractivity contribution in [3.63, 3.8) is 0 Å². The number of ether oxygens (including phenoxy) is 1. The third kappa shape index (κ3) is 5.26. The molecule has 0 fully saturated rings. The van der Waals surface area contributed by atoms with Gasteiger partial charge in [-0.2, -0.15) is 0 Å². The molecule has 3 N–H and O–H groups in total. The van der Waals surface area contributed by atoms with Crippen LogP contribution in [0.15, 0.2) is 18.2 Å². The molecule has 106 valence electrons. The number of hydrogen-bond acceptors (Lipinski definition) is 3. The summed E-state index contributed by atoms with van der Waals surface area (Å²) in [5, 5.41) is 2.48. The second-order valence-corrected chi connectivity index (χ2v) is 4.86. The Balaban J connectivity index is 2.41. The van der Waals surface area contributed by atoms with Crippen molar-refractivity contribution in [3.05, 3.63) is 24.0 Å². The summed E-state index contributed by atoms with van der Waals surface area (Å²) in [5.74, 6) is -0.395. The summed E-state index contributed by atoms with van der Waals surface area (Å²) in [6.07, 6.45) is 0.280. The van der Waals surface area contributed by atoms with Crippen molar-refractivity contribution in [2.45, 2.75) is 33.3 Å². The van der Waals surface area contributed by atoms with E-state index in [0.717, 1.165) is 0 Å². The fourth-order valence-electron chi connectivity index (χ4n) is 1.38. The monoisotopic (exact) mass is 268 g/mol. The van der Waals surface area contributed by atoms with Crippen molar-refractivity contribution in [3.8, 4) is 0 Å². The van der Waals surface area contributed by atoms with Crippen molar-refractivity contribution < 1.29 is 13.9 Å². The molecule has 0 saturated heterocycles. The third-order valence-electron chi connectivity index (χ3n) is 2.91. The van der Waals surface area contributed by atoms with Crippen LogP contribution in [0.3, 0.4) is 0 Å². The Morgan fingerprint density at radius 3 is 2.74 bits per heavy atom. The SMILES string of the molecule is CC(C)C(C)OCCC(=O)Nc1cc(N)ccc1F. The van der Waals surface area contributed by atoms with E-state index >= 15 is 0 Å². The van der Waals surface area contributed by atoms with Crippen molar-refractivity contribution in [1.82, 2.24) is 0 Å². The number of benzene rings is 1. The molecule has 19 heavy (non-hydrogen) atoms. The van der Waals surface area contributed by atoms with Gasteiger partial charge in [-0.05, 0) is 31.0 Å². The maximum absolute atomic E-state index is 13.4. The minimum absolute atomic E-state index is 0.0944. The van der Waals surface area contributed by atoms with Gasteiger partial charge in [0.2, 0.25) is 5.91 Å². The predicted molar refractivity (Wildman–Crippen MR) is 74.3 cm³/mol. The Kier molecular flexibility index (Phi) is 5.76. The summed E-state index contributed by atoms with van der Waals surface area (Å²) in [5.41, 5.74) is 6.04. The van der Waals surface area contributed by atoms with Gasteiger partial charge < -0.3 is 15.8 Å². The van der Waals surface area contributed by atoms with Crippen LogP contribution in [0, 0.1) is 11.7 Å². The lowest BCUT2D eigenvalue weighted by molar-refractivity contribution is -0.117. The van der Waals surface area contributed by atoms with E-state index in [1.807, 2.05) is 20.8 Å². The van der Waals surface area contributed by atoms with Crippen LogP contribution in [0.2, 0.25) is 0 Å². The van der Waals surface area contributed by atoms with E-state index in [4.69, 9.17) is 10.5 Å². The first kappa shape index (κ1) is 15.4. The average Bonchev–Trinajstić information content (AvgIpc) is 2.33. The Bertz CT molecular complexity index is 435. The fourth-order valence-corrected chi connectivity index (χ4v) is 1.38. The Labute approximate surface area is 113 Å². The number of nitrogens with two attached hydrogens (primary N) is 1. The number of halogens is 1. The number of carbonyl (C=O) groups excluding carboxylic acids is 1. The molecule has 0 aromatic heterocycles. The quantitative estimate of drug-likeness (QED) is 0.780. The molecule has 0 bridgehead atoms. The number of amides is 1. The van der Waals surface area contributed by atoms with Crippen molar-refractivity contribution in [1.29, 1.82) is 0 Å². The molecular weight excluding hydrogens is 247 g/mol. The predicted octanol–water partition coefficient (Wildman–Crippen LogP) is 2.80. The first-order valence-electron chi connectivity index (χ1n) is 6.36. The molecule has 1 unspecified atom stereocenters. The van der Waals surface area contributed by atoms with Crippen LogP contribution in [-0.4, -0.2) is 18.6 Å². The highest BCUT2D eigenvalue weighted by molar-refractivity contribution is 5.91. The molecule has 4 nitrogen and oxygen atoms in total. The second-order valence-electron chi connectivity index (χ2n) is 4.86. The van der Waals surface area contributed by atoms with Crippen molar-refractivity contribution in [2.24, 2.45) is 5.92 Å². The number of hydrogen-bond donors (Lipinski definition) is 2. The Morgan fingerprint density at radius 2 is 2.11 bits per heavy atom. The topological polar surface area (TPSA) is 64.3 Å². The van der Waals surface area contributed by atoms with E-state index in [9.17, 15) is 9.18 Å². The lowest BCUT2D eigenvalue weighted by Gasteiger charge is -2.16. The van der Waals surface area contributed by atoms with Gasteiger partial charge in [0.15, 0.2) is 0 Å². The molecule has 0 heterocycles. The third-order valence-corrected chi connectivity index (χ3v) is 2.91. The van der Waals surface area contributed by atoms with Gasteiger partial charge in [0, 0.05) is 5.69 Å². The summed E-state index contributed by atoms with van der Waals surface area (Å²) >= 11 is 0. The van der Waals surface area contributed by atoms with Crippen LogP contribution < -0.4 is 11.1 Å². The van der Waals surface area contributed by atoms with E-state index in [1.165, 1.54) is 18.2 Å². The van der Waals surface area contributed by atoms with E-state index in [-0.39, 0.29) is 24.1 Å². The van der Waals surface area contributed by atoms with E-state index in [0.29, 0.717) is 18.2 Å². The first-order chi connectivity index (χ1) is 8.90. The van der Waals surface area contributed by atoms with Crippen LogP contribution in [-0.2, 0) is 9.53 Å². The van der Waals surface area contributed by atoms with Gasteiger partial charge in [-0.3, -0.25) is 4.79 Å². The number of nitrogens with one attached hydrogen (secondary N) is 1.